The molecule has 3 rings (SSSR count). The molecule has 0 atom stereocenters. The number of carbonyl (C=O) groups is 1. The molecule has 0 aliphatic heterocycles. The third-order valence-electron chi connectivity index (χ3n) is 4.11. The molecule has 0 unspecified atom stereocenters. The predicted octanol–water partition coefficient (Wildman–Crippen LogP) is 4.52. The van der Waals surface area contributed by atoms with Gasteiger partial charge in [0.25, 0.3) is 0 Å². The average Bonchev–Trinajstić information content (AvgIpc) is 2.69. The van der Waals surface area contributed by atoms with Gasteiger partial charge in [-0.3, -0.25) is 9.52 Å². The lowest BCUT2D eigenvalue weighted by Crippen LogP contribution is -2.27. The molecule has 0 fully saturated rings. The number of sulfonamides is 1. The number of benzene rings is 3. The first kappa shape index (κ1) is 21.4. The van der Waals surface area contributed by atoms with Gasteiger partial charge in [0.1, 0.15) is 11.5 Å². The minimum absolute atomic E-state index is 0.0231. The summed E-state index contributed by atoms with van der Waals surface area (Å²) in [6.07, 6.45) is 0.0231. The number of hydrogen-bond donors (Lipinski definition) is 2. The summed E-state index contributed by atoms with van der Waals surface area (Å²) in [4.78, 5) is 12.4. The minimum atomic E-state index is -3.87. The Kier molecular flexibility index (Phi) is 6.74. The average molecular weight is 425 g/mol. The highest BCUT2D eigenvalue weighted by atomic mass is 32.2. The molecular formula is C23H24N2O4S. The van der Waals surface area contributed by atoms with Crippen LogP contribution in [0.15, 0.2) is 78.9 Å². The molecule has 0 saturated carbocycles. The van der Waals surface area contributed by atoms with Crippen LogP contribution in [0, 0.1) is 0 Å². The van der Waals surface area contributed by atoms with Gasteiger partial charge in [-0.25, -0.2) is 8.42 Å². The standard InChI is InChI=1S/C23H24N2O4S/c1-17(2)29-20-14-12-19(13-15-20)25-30(27,28)16-23(26)24-22-11-7-6-10-21(22)18-8-4-3-5-9-18/h3-15,17,25H,16H2,1-2H3,(H,24,26). The Labute approximate surface area is 177 Å². The lowest BCUT2D eigenvalue weighted by atomic mass is 10.0. The third-order valence-corrected chi connectivity index (χ3v) is 5.30. The van der Waals surface area contributed by atoms with E-state index in [1.807, 2.05) is 56.3 Å². The van der Waals surface area contributed by atoms with Crippen molar-refractivity contribution in [1.82, 2.24) is 0 Å². The SMILES string of the molecule is CC(C)Oc1ccc(NS(=O)(=O)CC(=O)Nc2ccccc2-c2ccccc2)cc1. The summed E-state index contributed by atoms with van der Waals surface area (Å²) in [5, 5.41) is 2.70. The van der Waals surface area contributed by atoms with Crippen molar-refractivity contribution in [3.05, 3.63) is 78.9 Å². The molecule has 0 aliphatic rings. The Hall–Kier alpha value is -3.32. The fourth-order valence-corrected chi connectivity index (χ4v) is 3.89. The van der Waals surface area contributed by atoms with Crippen molar-refractivity contribution < 1.29 is 17.9 Å². The summed E-state index contributed by atoms with van der Waals surface area (Å²) in [7, 11) is -3.87. The van der Waals surface area contributed by atoms with Gasteiger partial charge in [-0.2, -0.15) is 0 Å². The Bertz CT molecular complexity index is 1100. The largest absolute Gasteiger partial charge is 0.491 e. The van der Waals surface area contributed by atoms with E-state index in [2.05, 4.69) is 10.0 Å². The van der Waals surface area contributed by atoms with E-state index in [-0.39, 0.29) is 6.10 Å². The fraction of sp³-hybridized carbons (Fsp3) is 0.174. The zero-order valence-corrected chi connectivity index (χ0v) is 17.6. The number of hydrogen-bond acceptors (Lipinski definition) is 4. The number of ether oxygens (including phenoxy) is 1. The van der Waals surface area contributed by atoms with Crippen molar-refractivity contribution >= 4 is 27.3 Å². The molecule has 6 nitrogen and oxygen atoms in total. The summed E-state index contributed by atoms with van der Waals surface area (Å²) in [6, 6.07) is 23.4. The molecule has 0 aromatic heterocycles. The van der Waals surface area contributed by atoms with Crippen molar-refractivity contribution in [2.45, 2.75) is 20.0 Å². The van der Waals surface area contributed by atoms with Gasteiger partial charge in [-0.1, -0.05) is 48.5 Å². The number of nitrogens with one attached hydrogen (secondary N) is 2. The van der Waals surface area contributed by atoms with E-state index < -0.39 is 21.7 Å². The van der Waals surface area contributed by atoms with Gasteiger partial charge in [-0.05, 0) is 49.7 Å². The topological polar surface area (TPSA) is 84.5 Å². The van der Waals surface area contributed by atoms with Crippen LogP contribution in [0.3, 0.4) is 0 Å². The van der Waals surface area contributed by atoms with Crippen LogP contribution in [-0.4, -0.2) is 26.2 Å². The van der Waals surface area contributed by atoms with Gasteiger partial charge in [0.05, 0.1) is 6.10 Å². The fourth-order valence-electron chi connectivity index (χ4n) is 2.91. The van der Waals surface area contributed by atoms with E-state index in [1.165, 1.54) is 0 Å². The van der Waals surface area contributed by atoms with E-state index in [1.54, 1.807) is 36.4 Å². The molecule has 2 N–H and O–H groups in total. The molecule has 0 aliphatic carbocycles. The van der Waals surface area contributed by atoms with Crippen LogP contribution in [0.2, 0.25) is 0 Å². The molecule has 0 bridgehead atoms. The Morgan fingerprint density at radius 2 is 1.53 bits per heavy atom. The van der Waals surface area contributed by atoms with E-state index in [4.69, 9.17) is 4.74 Å². The maximum Gasteiger partial charge on any atom is 0.241 e. The van der Waals surface area contributed by atoms with Crippen LogP contribution < -0.4 is 14.8 Å². The van der Waals surface area contributed by atoms with Crippen molar-refractivity contribution in [1.29, 1.82) is 0 Å². The highest BCUT2D eigenvalue weighted by molar-refractivity contribution is 7.93. The predicted molar refractivity (Wildman–Crippen MR) is 120 cm³/mol. The van der Waals surface area contributed by atoms with Gasteiger partial charge in [-0.15, -0.1) is 0 Å². The van der Waals surface area contributed by atoms with E-state index >= 15 is 0 Å². The molecule has 3 aromatic rings. The quantitative estimate of drug-likeness (QED) is 0.557. The van der Waals surface area contributed by atoms with E-state index in [9.17, 15) is 13.2 Å². The van der Waals surface area contributed by atoms with Crippen LogP contribution in [-0.2, 0) is 14.8 Å². The van der Waals surface area contributed by atoms with E-state index in [0.717, 1.165) is 11.1 Å². The molecular weight excluding hydrogens is 400 g/mol. The molecule has 3 aromatic carbocycles. The first-order chi connectivity index (χ1) is 14.3. The van der Waals surface area contributed by atoms with Crippen LogP contribution in [0.5, 0.6) is 5.75 Å². The van der Waals surface area contributed by atoms with Crippen molar-refractivity contribution in [2.24, 2.45) is 0 Å². The zero-order chi connectivity index (χ0) is 21.6. The van der Waals surface area contributed by atoms with Gasteiger partial charge >= 0.3 is 0 Å². The molecule has 0 spiro atoms. The van der Waals surface area contributed by atoms with Gasteiger partial charge < -0.3 is 10.1 Å². The van der Waals surface area contributed by atoms with Crippen molar-refractivity contribution in [2.75, 3.05) is 15.8 Å². The summed E-state index contributed by atoms with van der Waals surface area (Å²) in [6.45, 7) is 3.82. The summed E-state index contributed by atoms with van der Waals surface area (Å²) in [5.74, 6) is -0.672. The molecule has 30 heavy (non-hydrogen) atoms. The first-order valence-electron chi connectivity index (χ1n) is 9.54. The second-order valence-corrected chi connectivity index (χ2v) is 8.73. The van der Waals surface area contributed by atoms with Crippen LogP contribution in [0.1, 0.15) is 13.8 Å². The minimum Gasteiger partial charge on any atom is -0.491 e. The summed E-state index contributed by atoms with van der Waals surface area (Å²) < 4.78 is 32.8. The van der Waals surface area contributed by atoms with Crippen LogP contribution >= 0.6 is 0 Å². The molecule has 0 radical (unpaired) electrons. The molecule has 1 amide bonds. The highest BCUT2D eigenvalue weighted by Gasteiger charge is 2.18. The van der Waals surface area contributed by atoms with Crippen molar-refractivity contribution in [3.63, 3.8) is 0 Å². The maximum absolute atomic E-state index is 12.4. The number of amides is 1. The van der Waals surface area contributed by atoms with Gasteiger partial charge in [0, 0.05) is 16.9 Å². The lowest BCUT2D eigenvalue weighted by Gasteiger charge is -2.13. The number of anilines is 2. The third kappa shape index (κ3) is 6.09. The normalized spacial score (nSPS) is 11.2. The second kappa shape index (κ2) is 9.45. The van der Waals surface area contributed by atoms with E-state index in [0.29, 0.717) is 17.1 Å². The van der Waals surface area contributed by atoms with Crippen LogP contribution in [0.25, 0.3) is 11.1 Å². The Morgan fingerprint density at radius 1 is 0.900 bits per heavy atom. The molecule has 0 saturated heterocycles. The first-order valence-corrected chi connectivity index (χ1v) is 11.2. The van der Waals surface area contributed by atoms with Crippen LogP contribution in [0.4, 0.5) is 11.4 Å². The van der Waals surface area contributed by atoms with Gasteiger partial charge in [0.2, 0.25) is 15.9 Å². The number of rotatable bonds is 8. The molecule has 156 valence electrons. The lowest BCUT2D eigenvalue weighted by molar-refractivity contribution is -0.113. The maximum atomic E-state index is 12.4. The smallest absolute Gasteiger partial charge is 0.241 e. The zero-order valence-electron chi connectivity index (χ0n) is 16.8. The monoisotopic (exact) mass is 424 g/mol. The Morgan fingerprint density at radius 3 is 2.20 bits per heavy atom. The summed E-state index contributed by atoms with van der Waals surface area (Å²) >= 11 is 0. The molecule has 7 heteroatoms. The molecule has 0 heterocycles. The summed E-state index contributed by atoms with van der Waals surface area (Å²) in [5.41, 5.74) is 2.67. The number of carbonyl (C=O) groups excluding carboxylic acids is 1. The Balaban J connectivity index is 1.66. The number of para-hydroxylation sites is 1. The highest BCUT2D eigenvalue weighted by Crippen LogP contribution is 2.27. The second-order valence-electron chi connectivity index (χ2n) is 7.01. The van der Waals surface area contributed by atoms with Crippen molar-refractivity contribution in [3.8, 4) is 16.9 Å². The van der Waals surface area contributed by atoms with Gasteiger partial charge in [0.15, 0.2) is 0 Å².